The highest BCUT2D eigenvalue weighted by Gasteiger charge is 2.23. The van der Waals surface area contributed by atoms with Gasteiger partial charge >= 0.3 is 0 Å². The quantitative estimate of drug-likeness (QED) is 0.406. The van der Waals surface area contributed by atoms with E-state index in [4.69, 9.17) is 0 Å². The van der Waals surface area contributed by atoms with Crippen LogP contribution in [0.5, 0.6) is 0 Å². The van der Waals surface area contributed by atoms with E-state index in [1.807, 2.05) is 38.3 Å². The number of hydrogen-bond acceptors (Lipinski definition) is 6. The molecule has 0 aliphatic heterocycles. The molecule has 0 aliphatic rings. The van der Waals surface area contributed by atoms with Crippen LogP contribution in [0.4, 0.5) is 0 Å². The molecule has 0 aromatic carbocycles. The lowest BCUT2D eigenvalue weighted by atomic mass is 9.90. The Bertz CT molecular complexity index is 1020. The Balaban J connectivity index is 2.33. The lowest BCUT2D eigenvalue weighted by Gasteiger charge is -2.22. The van der Waals surface area contributed by atoms with E-state index in [0.29, 0.717) is 28.6 Å². The van der Waals surface area contributed by atoms with Crippen molar-refractivity contribution in [2.75, 3.05) is 12.9 Å². The zero-order chi connectivity index (χ0) is 18.9. The number of aliphatic hydroxyl groups is 1. The molecule has 3 aromatic heterocycles. The number of thioether (sulfide) groups is 1. The fourth-order valence-corrected chi connectivity index (χ4v) is 2.97. The first-order chi connectivity index (χ1) is 12.4. The van der Waals surface area contributed by atoms with Crippen molar-refractivity contribution in [3.8, 4) is 5.82 Å². The molecule has 3 rings (SSSR count). The Kier molecular flexibility index (Phi) is 4.97. The number of rotatable bonds is 6. The normalized spacial score (nSPS) is 11.8. The van der Waals surface area contributed by atoms with Gasteiger partial charge in [-0.15, -0.1) is 6.58 Å². The zero-order valence-electron chi connectivity index (χ0n) is 15.0. The average molecular weight is 371 g/mol. The van der Waals surface area contributed by atoms with Crippen molar-refractivity contribution < 1.29 is 5.11 Å². The number of pyridine rings is 1. The molecule has 0 radical (unpaired) electrons. The third-order valence-electron chi connectivity index (χ3n) is 4.18. The van der Waals surface area contributed by atoms with Crippen LogP contribution in [0.15, 0.2) is 47.0 Å². The molecule has 7 nitrogen and oxygen atoms in total. The third kappa shape index (κ3) is 3.06. The Morgan fingerprint density at radius 3 is 2.77 bits per heavy atom. The summed E-state index contributed by atoms with van der Waals surface area (Å²) in [5, 5.41) is 10.7. The lowest BCUT2D eigenvalue weighted by molar-refractivity contribution is 0.215. The summed E-state index contributed by atoms with van der Waals surface area (Å²) in [6.45, 7) is 7.85. The molecule has 0 saturated heterocycles. The van der Waals surface area contributed by atoms with Crippen LogP contribution in [0.25, 0.3) is 16.9 Å². The second-order valence-electron chi connectivity index (χ2n) is 6.50. The minimum Gasteiger partial charge on any atom is -0.395 e. The minimum absolute atomic E-state index is 0.0336. The van der Waals surface area contributed by atoms with Crippen molar-refractivity contribution >= 4 is 22.8 Å². The van der Waals surface area contributed by atoms with Crippen LogP contribution in [0.2, 0.25) is 0 Å². The number of aromatic nitrogens is 5. The van der Waals surface area contributed by atoms with Crippen LogP contribution in [-0.2, 0) is 12.0 Å². The molecule has 0 fully saturated rings. The summed E-state index contributed by atoms with van der Waals surface area (Å²) in [5.74, 6) is 0.559. The molecule has 0 bridgehead atoms. The Morgan fingerprint density at radius 1 is 1.35 bits per heavy atom. The highest BCUT2D eigenvalue weighted by molar-refractivity contribution is 7.98. The molecule has 3 heterocycles. The number of allylic oxidation sites excluding steroid dienone is 1. The molecule has 0 atom stereocenters. The van der Waals surface area contributed by atoms with Gasteiger partial charge in [0.25, 0.3) is 5.56 Å². The van der Waals surface area contributed by atoms with Gasteiger partial charge in [-0.3, -0.25) is 4.79 Å². The number of aliphatic hydroxyl groups excluding tert-OH is 1. The summed E-state index contributed by atoms with van der Waals surface area (Å²) in [6, 6.07) is 5.54. The smallest absolute Gasteiger partial charge is 0.278 e. The summed E-state index contributed by atoms with van der Waals surface area (Å²) in [6.07, 6.45) is 5.09. The van der Waals surface area contributed by atoms with Gasteiger partial charge in [0, 0.05) is 11.6 Å². The second-order valence-corrected chi connectivity index (χ2v) is 7.28. The monoisotopic (exact) mass is 371 g/mol. The van der Waals surface area contributed by atoms with Gasteiger partial charge in [-0.2, -0.15) is 0 Å². The molecule has 1 N–H and O–H groups in total. The van der Waals surface area contributed by atoms with Gasteiger partial charge in [-0.1, -0.05) is 37.8 Å². The maximum absolute atomic E-state index is 12.8. The van der Waals surface area contributed by atoms with Crippen LogP contribution in [0.1, 0.15) is 19.5 Å². The van der Waals surface area contributed by atoms with E-state index in [2.05, 4.69) is 21.5 Å². The second kappa shape index (κ2) is 7.05. The van der Waals surface area contributed by atoms with E-state index >= 15 is 0 Å². The molecule has 26 heavy (non-hydrogen) atoms. The summed E-state index contributed by atoms with van der Waals surface area (Å²) in [4.78, 5) is 26.2. The van der Waals surface area contributed by atoms with Crippen molar-refractivity contribution in [2.45, 2.75) is 31.0 Å². The van der Waals surface area contributed by atoms with E-state index in [0.717, 1.165) is 5.69 Å². The highest BCUT2D eigenvalue weighted by Crippen LogP contribution is 2.23. The van der Waals surface area contributed by atoms with Crippen LogP contribution >= 0.6 is 11.8 Å². The number of hydrogen-bond donors (Lipinski definition) is 1. The first kappa shape index (κ1) is 18.3. The molecule has 0 amide bonds. The van der Waals surface area contributed by atoms with Gasteiger partial charge in [0.2, 0.25) is 0 Å². The van der Waals surface area contributed by atoms with Crippen LogP contribution in [0, 0.1) is 0 Å². The van der Waals surface area contributed by atoms with Crippen LogP contribution in [0.3, 0.4) is 0 Å². The van der Waals surface area contributed by atoms with E-state index in [9.17, 15) is 9.90 Å². The lowest BCUT2D eigenvalue weighted by Crippen LogP contribution is -2.26. The molecular formula is C18H21N5O2S. The van der Waals surface area contributed by atoms with Gasteiger partial charge in [0.05, 0.1) is 18.8 Å². The fraction of sp³-hybridized carbons (Fsp3) is 0.333. The first-order valence-electron chi connectivity index (χ1n) is 8.15. The topological polar surface area (TPSA) is 85.8 Å². The van der Waals surface area contributed by atoms with Crippen molar-refractivity contribution in [3.63, 3.8) is 0 Å². The van der Waals surface area contributed by atoms with E-state index < -0.39 is 5.41 Å². The molecular weight excluding hydrogens is 350 g/mol. The zero-order valence-corrected chi connectivity index (χ0v) is 15.8. The molecule has 0 spiro atoms. The predicted octanol–water partition coefficient (Wildman–Crippen LogP) is 2.16. The highest BCUT2D eigenvalue weighted by atomic mass is 32.2. The molecule has 8 heteroatoms. The molecule has 0 aliphatic carbocycles. The Labute approximate surface area is 155 Å². The summed E-state index contributed by atoms with van der Waals surface area (Å²) in [7, 11) is 0. The predicted molar refractivity (Wildman–Crippen MR) is 103 cm³/mol. The van der Waals surface area contributed by atoms with Crippen molar-refractivity contribution in [1.29, 1.82) is 0 Å². The molecule has 0 unspecified atom stereocenters. The van der Waals surface area contributed by atoms with E-state index in [1.54, 1.807) is 17.0 Å². The maximum Gasteiger partial charge on any atom is 0.278 e. The number of nitrogens with zero attached hydrogens (tertiary/aromatic N) is 5. The largest absolute Gasteiger partial charge is 0.395 e. The third-order valence-corrected chi connectivity index (χ3v) is 4.74. The first-order valence-corrected chi connectivity index (χ1v) is 9.37. The van der Waals surface area contributed by atoms with Crippen molar-refractivity contribution in [1.82, 2.24) is 24.3 Å². The van der Waals surface area contributed by atoms with Gasteiger partial charge in [-0.25, -0.2) is 24.3 Å². The summed E-state index contributed by atoms with van der Waals surface area (Å²) in [5.41, 5.74) is 0.544. The summed E-state index contributed by atoms with van der Waals surface area (Å²) >= 11 is 1.41. The van der Waals surface area contributed by atoms with Crippen LogP contribution < -0.4 is 5.56 Å². The molecule has 136 valence electrons. The van der Waals surface area contributed by atoms with Crippen molar-refractivity contribution in [2.24, 2.45) is 0 Å². The maximum atomic E-state index is 12.8. The Morgan fingerprint density at radius 2 is 2.12 bits per heavy atom. The van der Waals surface area contributed by atoms with Gasteiger partial charge in [0.1, 0.15) is 5.39 Å². The molecule has 0 saturated carbocycles. The summed E-state index contributed by atoms with van der Waals surface area (Å²) < 4.78 is 3.23. The van der Waals surface area contributed by atoms with Gasteiger partial charge in [-0.05, 0) is 18.4 Å². The Hall–Kier alpha value is -2.45. The van der Waals surface area contributed by atoms with Crippen LogP contribution in [-0.4, -0.2) is 42.3 Å². The standard InChI is InChI=1S/C18H21N5O2S/c1-5-9-22-16(25)12-10-19-17(26-4)21-15(12)23(22)14-8-6-7-13(20-14)18(2,3)11-24/h5-8,10,24H,1,9,11H2,2-4H3. The minimum atomic E-state index is -0.498. The average Bonchev–Trinajstić information content (AvgIpc) is 2.93. The number of fused-ring (bicyclic) bond motifs is 1. The van der Waals surface area contributed by atoms with Gasteiger partial charge < -0.3 is 5.11 Å². The fourth-order valence-electron chi connectivity index (χ4n) is 2.63. The van der Waals surface area contributed by atoms with Crippen molar-refractivity contribution in [3.05, 3.63) is 53.1 Å². The van der Waals surface area contributed by atoms with E-state index in [-0.39, 0.29) is 12.2 Å². The van der Waals surface area contributed by atoms with Gasteiger partial charge in [0.15, 0.2) is 16.6 Å². The SMILES string of the molecule is C=CCn1c(=O)c2cnc(SC)nc2n1-c1cccc(C(C)(C)CO)n1. The van der Waals surface area contributed by atoms with E-state index in [1.165, 1.54) is 16.4 Å². The molecule has 3 aromatic rings.